The molecule has 2 aromatic heterocycles. The minimum absolute atomic E-state index is 0.139. The van der Waals surface area contributed by atoms with E-state index in [-0.39, 0.29) is 5.56 Å². The van der Waals surface area contributed by atoms with E-state index in [0.29, 0.717) is 4.96 Å². The molecule has 3 aromatic rings. The minimum atomic E-state index is -0.139. The van der Waals surface area contributed by atoms with Crippen molar-refractivity contribution in [2.45, 2.75) is 12.8 Å². The molecule has 0 amide bonds. The fourth-order valence-electron chi connectivity index (χ4n) is 2.15. The molecule has 0 N–H and O–H groups in total. The van der Waals surface area contributed by atoms with Crippen LogP contribution in [0.4, 0.5) is 5.13 Å². The van der Waals surface area contributed by atoms with Crippen LogP contribution in [-0.2, 0) is 6.42 Å². The molecule has 0 aliphatic rings. The summed E-state index contributed by atoms with van der Waals surface area (Å²) >= 11 is 1.43. The molecule has 108 valence electrons. The zero-order valence-corrected chi connectivity index (χ0v) is 12.6. The van der Waals surface area contributed by atoms with E-state index in [4.69, 9.17) is 0 Å². The van der Waals surface area contributed by atoms with Gasteiger partial charge in [-0.15, -0.1) is 5.10 Å². The van der Waals surface area contributed by atoms with Crippen LogP contribution >= 0.6 is 11.3 Å². The third kappa shape index (κ3) is 3.11. The van der Waals surface area contributed by atoms with Gasteiger partial charge in [0.25, 0.3) is 5.56 Å². The predicted octanol–water partition coefficient (Wildman–Crippen LogP) is 2.22. The van der Waals surface area contributed by atoms with Gasteiger partial charge < -0.3 is 4.90 Å². The summed E-state index contributed by atoms with van der Waals surface area (Å²) in [6.07, 6.45) is 3.60. The second-order valence-corrected chi connectivity index (χ2v) is 5.81. The van der Waals surface area contributed by atoms with Crippen molar-refractivity contribution in [3.8, 4) is 0 Å². The van der Waals surface area contributed by atoms with E-state index in [0.717, 1.165) is 24.5 Å². The highest BCUT2D eigenvalue weighted by Gasteiger charge is 2.09. The largest absolute Gasteiger partial charge is 0.350 e. The van der Waals surface area contributed by atoms with Crippen LogP contribution in [-0.4, -0.2) is 28.2 Å². The highest BCUT2D eigenvalue weighted by molar-refractivity contribution is 7.20. The lowest BCUT2D eigenvalue weighted by Gasteiger charge is -2.14. The van der Waals surface area contributed by atoms with Gasteiger partial charge in [0.05, 0.1) is 0 Å². The molecule has 0 unspecified atom stereocenters. The summed E-state index contributed by atoms with van der Waals surface area (Å²) in [7, 11) is 1.99. The number of fused-ring (bicyclic) bond motifs is 1. The van der Waals surface area contributed by atoms with Gasteiger partial charge in [-0.25, -0.2) is 4.98 Å². The van der Waals surface area contributed by atoms with Gasteiger partial charge in [-0.2, -0.15) is 4.52 Å². The number of aromatic nitrogens is 3. The average molecular weight is 300 g/mol. The van der Waals surface area contributed by atoms with Crippen LogP contribution in [0.1, 0.15) is 12.0 Å². The lowest BCUT2D eigenvalue weighted by Crippen LogP contribution is -2.20. The van der Waals surface area contributed by atoms with Gasteiger partial charge in [-0.3, -0.25) is 4.79 Å². The third-order valence-electron chi connectivity index (χ3n) is 3.29. The molecule has 3 rings (SSSR count). The molecule has 21 heavy (non-hydrogen) atoms. The van der Waals surface area contributed by atoms with Gasteiger partial charge in [0.1, 0.15) is 0 Å². The number of hydrogen-bond donors (Lipinski definition) is 0. The molecule has 0 saturated heterocycles. The number of rotatable bonds is 5. The third-order valence-corrected chi connectivity index (χ3v) is 4.33. The molecular weight excluding hydrogens is 284 g/mol. The van der Waals surface area contributed by atoms with Crippen molar-refractivity contribution in [2.24, 2.45) is 0 Å². The Balaban J connectivity index is 1.65. The molecule has 0 bridgehead atoms. The number of benzene rings is 1. The van der Waals surface area contributed by atoms with E-state index in [1.807, 2.05) is 13.1 Å². The Bertz CT molecular complexity index is 781. The normalized spacial score (nSPS) is 10.9. The van der Waals surface area contributed by atoms with Gasteiger partial charge >= 0.3 is 0 Å². The van der Waals surface area contributed by atoms with Crippen LogP contribution in [0, 0.1) is 0 Å². The van der Waals surface area contributed by atoms with Gasteiger partial charge in [0.2, 0.25) is 10.1 Å². The van der Waals surface area contributed by atoms with E-state index in [1.165, 1.54) is 33.7 Å². The van der Waals surface area contributed by atoms with E-state index < -0.39 is 0 Å². The fourth-order valence-corrected chi connectivity index (χ4v) is 3.01. The Labute approximate surface area is 126 Å². The molecule has 0 atom stereocenters. The highest BCUT2D eigenvalue weighted by Crippen LogP contribution is 2.19. The summed E-state index contributed by atoms with van der Waals surface area (Å²) in [5.41, 5.74) is 1.20. The van der Waals surface area contributed by atoms with Crippen molar-refractivity contribution in [1.82, 2.24) is 14.6 Å². The lowest BCUT2D eigenvalue weighted by atomic mass is 10.1. The summed E-state index contributed by atoms with van der Waals surface area (Å²) in [5.74, 6) is 0. The number of anilines is 1. The van der Waals surface area contributed by atoms with Crippen molar-refractivity contribution < 1.29 is 0 Å². The monoisotopic (exact) mass is 300 g/mol. The zero-order chi connectivity index (χ0) is 14.7. The second kappa shape index (κ2) is 6.05. The van der Waals surface area contributed by atoms with Crippen molar-refractivity contribution in [3.63, 3.8) is 0 Å². The first-order valence-electron chi connectivity index (χ1n) is 6.84. The summed E-state index contributed by atoms with van der Waals surface area (Å²) < 4.78 is 1.35. The predicted molar refractivity (Wildman–Crippen MR) is 85.2 cm³/mol. The molecule has 0 spiro atoms. The molecule has 0 radical (unpaired) electrons. The zero-order valence-electron chi connectivity index (χ0n) is 11.8. The van der Waals surface area contributed by atoms with Crippen LogP contribution in [0.2, 0.25) is 0 Å². The lowest BCUT2D eigenvalue weighted by molar-refractivity contribution is 0.770. The van der Waals surface area contributed by atoms with E-state index in [9.17, 15) is 4.79 Å². The maximum Gasteiger partial charge on any atom is 0.275 e. The van der Waals surface area contributed by atoms with E-state index in [2.05, 4.69) is 39.2 Å². The molecule has 0 aliphatic carbocycles. The summed E-state index contributed by atoms with van der Waals surface area (Å²) in [6, 6.07) is 11.9. The summed E-state index contributed by atoms with van der Waals surface area (Å²) in [4.78, 5) is 18.5. The Kier molecular flexibility index (Phi) is 3.96. The Morgan fingerprint density at radius 2 is 2.05 bits per heavy atom. The van der Waals surface area contributed by atoms with Crippen molar-refractivity contribution in [2.75, 3.05) is 18.5 Å². The van der Waals surface area contributed by atoms with Gasteiger partial charge in [0.15, 0.2) is 0 Å². The van der Waals surface area contributed by atoms with Gasteiger partial charge in [-0.05, 0) is 18.4 Å². The molecule has 0 fully saturated rings. The quantitative estimate of drug-likeness (QED) is 0.725. The Hall–Kier alpha value is -2.21. The Morgan fingerprint density at radius 3 is 2.81 bits per heavy atom. The first-order valence-corrected chi connectivity index (χ1v) is 7.65. The Morgan fingerprint density at radius 1 is 1.24 bits per heavy atom. The molecule has 6 heteroatoms. The maximum absolute atomic E-state index is 11.7. The fraction of sp³-hybridized carbons (Fsp3) is 0.267. The standard InChI is InChI=1S/C15H16N4OS/c1-18(11-5-8-12-6-3-2-4-7-12)15-17-19-13(20)9-10-16-14(19)21-15/h2-4,6-7,9-10H,5,8,11H2,1H3. The highest BCUT2D eigenvalue weighted by atomic mass is 32.1. The average Bonchev–Trinajstić information content (AvgIpc) is 2.94. The van der Waals surface area contributed by atoms with Crippen molar-refractivity contribution >= 4 is 21.4 Å². The molecule has 0 saturated carbocycles. The maximum atomic E-state index is 11.7. The SMILES string of the molecule is CN(CCCc1ccccc1)c1nn2c(=O)ccnc2s1. The van der Waals surface area contributed by atoms with Crippen LogP contribution in [0.5, 0.6) is 0 Å². The molecule has 5 nitrogen and oxygen atoms in total. The smallest absolute Gasteiger partial charge is 0.275 e. The van der Waals surface area contributed by atoms with Gasteiger partial charge in [0, 0.05) is 25.9 Å². The number of hydrogen-bond acceptors (Lipinski definition) is 5. The van der Waals surface area contributed by atoms with Crippen LogP contribution in [0.25, 0.3) is 4.96 Å². The molecule has 0 aliphatic heterocycles. The first-order chi connectivity index (χ1) is 10.2. The van der Waals surface area contributed by atoms with E-state index in [1.54, 1.807) is 0 Å². The number of nitrogens with zero attached hydrogens (tertiary/aromatic N) is 4. The van der Waals surface area contributed by atoms with Crippen LogP contribution in [0.3, 0.4) is 0 Å². The van der Waals surface area contributed by atoms with E-state index >= 15 is 0 Å². The van der Waals surface area contributed by atoms with Gasteiger partial charge in [-0.1, -0.05) is 41.7 Å². The minimum Gasteiger partial charge on any atom is -0.350 e. The van der Waals surface area contributed by atoms with Crippen LogP contribution in [0.15, 0.2) is 47.4 Å². The summed E-state index contributed by atoms with van der Waals surface area (Å²) in [5, 5.41) is 5.14. The molecule has 1 aromatic carbocycles. The van der Waals surface area contributed by atoms with Crippen molar-refractivity contribution in [1.29, 1.82) is 0 Å². The number of aryl methyl sites for hydroxylation is 1. The molecule has 2 heterocycles. The second-order valence-electron chi connectivity index (χ2n) is 4.87. The topological polar surface area (TPSA) is 50.5 Å². The summed E-state index contributed by atoms with van der Waals surface area (Å²) in [6.45, 7) is 0.892. The first kappa shape index (κ1) is 13.8. The van der Waals surface area contributed by atoms with Crippen molar-refractivity contribution in [3.05, 3.63) is 58.5 Å². The van der Waals surface area contributed by atoms with Crippen LogP contribution < -0.4 is 10.5 Å². The molecular formula is C15H16N4OS.